The van der Waals surface area contributed by atoms with Gasteiger partial charge >= 0.3 is 0 Å². The van der Waals surface area contributed by atoms with Crippen molar-refractivity contribution in [2.24, 2.45) is 0 Å². The Morgan fingerprint density at radius 2 is 1.63 bits per heavy atom. The molecule has 0 saturated heterocycles. The molecule has 130 valence electrons. The van der Waals surface area contributed by atoms with Crippen LogP contribution in [0.1, 0.15) is 5.56 Å². The third-order valence-electron chi connectivity index (χ3n) is 3.94. The highest BCUT2D eigenvalue weighted by molar-refractivity contribution is 6.42. The fraction of sp³-hybridized carbons (Fsp3) is 0. The number of nitriles is 1. The molecule has 0 bridgehead atoms. The second-order valence-electron chi connectivity index (χ2n) is 5.74. The highest BCUT2D eigenvalue weighted by Crippen LogP contribution is 2.32. The first-order chi connectivity index (χ1) is 13.1. The number of hydrogen-bond donors (Lipinski definition) is 0. The molecular formula is C21H11Cl2N3O. The monoisotopic (exact) mass is 391 g/mol. The Morgan fingerprint density at radius 1 is 0.852 bits per heavy atom. The van der Waals surface area contributed by atoms with Gasteiger partial charge in [-0.05, 0) is 54.6 Å². The van der Waals surface area contributed by atoms with Gasteiger partial charge in [0.1, 0.15) is 5.75 Å². The van der Waals surface area contributed by atoms with Gasteiger partial charge in [0.15, 0.2) is 5.82 Å². The Hall–Kier alpha value is -3.13. The van der Waals surface area contributed by atoms with Crippen LogP contribution in [0.15, 0.2) is 66.7 Å². The van der Waals surface area contributed by atoms with Gasteiger partial charge in [-0.1, -0.05) is 35.3 Å². The Morgan fingerprint density at radius 3 is 2.37 bits per heavy atom. The minimum atomic E-state index is 0.423. The number of hydrogen-bond acceptors (Lipinski definition) is 4. The van der Waals surface area contributed by atoms with Crippen molar-refractivity contribution < 1.29 is 4.74 Å². The van der Waals surface area contributed by atoms with Crippen LogP contribution >= 0.6 is 23.2 Å². The van der Waals surface area contributed by atoms with Crippen molar-refractivity contribution in [3.63, 3.8) is 0 Å². The van der Waals surface area contributed by atoms with Crippen LogP contribution in [-0.2, 0) is 0 Å². The van der Waals surface area contributed by atoms with E-state index in [1.54, 1.807) is 36.4 Å². The summed E-state index contributed by atoms with van der Waals surface area (Å²) in [6.45, 7) is 0. The number of fused-ring (bicyclic) bond motifs is 1. The van der Waals surface area contributed by atoms with Crippen molar-refractivity contribution in [1.29, 1.82) is 5.26 Å². The average molecular weight is 392 g/mol. The molecule has 0 saturated carbocycles. The molecule has 0 aliphatic heterocycles. The number of benzene rings is 3. The molecule has 6 heteroatoms. The van der Waals surface area contributed by atoms with Crippen LogP contribution < -0.4 is 4.74 Å². The summed E-state index contributed by atoms with van der Waals surface area (Å²) in [5.74, 6) is 1.49. The van der Waals surface area contributed by atoms with E-state index in [1.807, 2.05) is 30.3 Å². The van der Waals surface area contributed by atoms with Crippen molar-refractivity contribution in [2.45, 2.75) is 0 Å². The maximum atomic E-state index is 8.93. The van der Waals surface area contributed by atoms with E-state index in [0.29, 0.717) is 33.1 Å². The fourth-order valence-corrected chi connectivity index (χ4v) is 2.90. The molecule has 0 atom stereocenters. The smallest absolute Gasteiger partial charge is 0.230 e. The normalized spacial score (nSPS) is 10.6. The van der Waals surface area contributed by atoms with E-state index >= 15 is 0 Å². The Labute approximate surface area is 165 Å². The van der Waals surface area contributed by atoms with Gasteiger partial charge in [0.25, 0.3) is 0 Å². The van der Waals surface area contributed by atoms with E-state index in [4.69, 9.17) is 33.2 Å². The molecule has 0 fully saturated rings. The average Bonchev–Trinajstić information content (AvgIpc) is 2.70. The van der Waals surface area contributed by atoms with Crippen molar-refractivity contribution >= 4 is 34.1 Å². The minimum absolute atomic E-state index is 0.423. The molecule has 3 aromatic carbocycles. The molecule has 4 aromatic rings. The summed E-state index contributed by atoms with van der Waals surface area (Å²) in [6.07, 6.45) is 0. The summed E-state index contributed by atoms with van der Waals surface area (Å²) in [6, 6.07) is 21.8. The molecule has 4 nitrogen and oxygen atoms in total. The molecule has 0 N–H and O–H groups in total. The molecule has 1 aromatic heterocycles. The quantitative estimate of drug-likeness (QED) is 0.412. The van der Waals surface area contributed by atoms with Gasteiger partial charge in [0.2, 0.25) is 5.88 Å². The van der Waals surface area contributed by atoms with Crippen LogP contribution in [0.25, 0.3) is 22.3 Å². The van der Waals surface area contributed by atoms with Gasteiger partial charge in [0.05, 0.1) is 32.6 Å². The maximum absolute atomic E-state index is 8.93. The van der Waals surface area contributed by atoms with Gasteiger partial charge in [-0.15, -0.1) is 0 Å². The second-order valence-corrected chi connectivity index (χ2v) is 6.55. The zero-order chi connectivity index (χ0) is 18.8. The molecule has 0 aliphatic carbocycles. The van der Waals surface area contributed by atoms with Gasteiger partial charge in [0, 0.05) is 5.56 Å². The summed E-state index contributed by atoms with van der Waals surface area (Å²) >= 11 is 12.1. The first-order valence-electron chi connectivity index (χ1n) is 8.04. The second kappa shape index (κ2) is 7.24. The summed E-state index contributed by atoms with van der Waals surface area (Å²) in [4.78, 5) is 9.19. The zero-order valence-electron chi connectivity index (χ0n) is 13.9. The summed E-state index contributed by atoms with van der Waals surface area (Å²) < 4.78 is 5.99. The van der Waals surface area contributed by atoms with Crippen LogP contribution in [0.4, 0.5) is 0 Å². The Balaban J connectivity index is 1.82. The molecule has 1 heterocycles. The molecule has 0 radical (unpaired) electrons. The lowest BCUT2D eigenvalue weighted by Crippen LogP contribution is -1.96. The number of ether oxygens (including phenoxy) is 1. The molecule has 0 amide bonds. The molecule has 0 spiro atoms. The number of para-hydroxylation sites is 1. The van der Waals surface area contributed by atoms with E-state index in [1.165, 1.54) is 0 Å². The molecule has 0 unspecified atom stereocenters. The lowest BCUT2D eigenvalue weighted by Gasteiger charge is -2.10. The maximum Gasteiger partial charge on any atom is 0.230 e. The highest BCUT2D eigenvalue weighted by Gasteiger charge is 2.12. The summed E-state index contributed by atoms with van der Waals surface area (Å²) in [7, 11) is 0. The van der Waals surface area contributed by atoms with Crippen LogP contribution in [0.5, 0.6) is 11.6 Å². The van der Waals surface area contributed by atoms with E-state index in [2.05, 4.69) is 16.0 Å². The molecule has 4 rings (SSSR count). The topological polar surface area (TPSA) is 58.8 Å². The van der Waals surface area contributed by atoms with Gasteiger partial charge in [-0.2, -0.15) is 10.2 Å². The van der Waals surface area contributed by atoms with E-state index in [9.17, 15) is 0 Å². The van der Waals surface area contributed by atoms with Crippen LogP contribution in [-0.4, -0.2) is 9.97 Å². The lowest BCUT2D eigenvalue weighted by molar-refractivity contribution is 0.469. The Kier molecular flexibility index (Phi) is 4.64. The first-order valence-corrected chi connectivity index (χ1v) is 8.80. The number of rotatable bonds is 3. The standard InChI is InChI=1S/C21H11Cl2N3O/c22-17-10-7-14(11-18(17)23)20-25-19-4-2-1-3-16(19)21(26-20)27-15-8-5-13(12-24)6-9-15/h1-11H. The summed E-state index contributed by atoms with van der Waals surface area (Å²) in [5.41, 5.74) is 2.04. The SMILES string of the molecule is N#Cc1ccc(Oc2nc(-c3ccc(Cl)c(Cl)c3)nc3ccccc23)cc1. The van der Waals surface area contributed by atoms with Crippen molar-refractivity contribution in [1.82, 2.24) is 9.97 Å². The number of aromatic nitrogens is 2. The Bertz CT molecular complexity index is 1180. The van der Waals surface area contributed by atoms with Crippen LogP contribution in [0.3, 0.4) is 0 Å². The predicted octanol–water partition coefficient (Wildman–Crippen LogP) is 6.27. The van der Waals surface area contributed by atoms with Crippen molar-refractivity contribution in [3.8, 4) is 29.1 Å². The lowest BCUT2D eigenvalue weighted by atomic mass is 10.2. The fourth-order valence-electron chi connectivity index (χ4n) is 2.60. The predicted molar refractivity (Wildman–Crippen MR) is 106 cm³/mol. The first kappa shape index (κ1) is 17.3. The summed E-state index contributed by atoms with van der Waals surface area (Å²) in [5, 5.41) is 10.6. The van der Waals surface area contributed by atoms with Gasteiger partial charge in [-0.25, -0.2) is 4.98 Å². The van der Waals surface area contributed by atoms with Crippen LogP contribution in [0, 0.1) is 11.3 Å². The van der Waals surface area contributed by atoms with Gasteiger partial charge in [-0.3, -0.25) is 0 Å². The third-order valence-corrected chi connectivity index (χ3v) is 4.68. The zero-order valence-corrected chi connectivity index (χ0v) is 15.4. The van der Waals surface area contributed by atoms with Crippen molar-refractivity contribution in [3.05, 3.63) is 82.3 Å². The van der Waals surface area contributed by atoms with Crippen molar-refractivity contribution in [2.75, 3.05) is 0 Å². The van der Waals surface area contributed by atoms with E-state index in [0.717, 1.165) is 16.5 Å². The van der Waals surface area contributed by atoms with E-state index in [-0.39, 0.29) is 0 Å². The van der Waals surface area contributed by atoms with Crippen LogP contribution in [0.2, 0.25) is 10.0 Å². The molecule has 27 heavy (non-hydrogen) atoms. The number of nitrogens with zero attached hydrogens (tertiary/aromatic N) is 3. The largest absolute Gasteiger partial charge is 0.438 e. The third kappa shape index (κ3) is 3.56. The van der Waals surface area contributed by atoms with E-state index < -0.39 is 0 Å². The minimum Gasteiger partial charge on any atom is -0.438 e. The number of halogens is 2. The molecule has 0 aliphatic rings. The molecular weight excluding hydrogens is 381 g/mol. The highest BCUT2D eigenvalue weighted by atomic mass is 35.5. The van der Waals surface area contributed by atoms with Gasteiger partial charge < -0.3 is 4.74 Å².